The SMILES string of the molecule is O=C(COC(=O)Cc1ccc2c(c1)OCCO2)Nc1cccc2nsnc12. The van der Waals surface area contributed by atoms with Crippen LogP contribution < -0.4 is 14.8 Å². The number of carbonyl (C=O) groups excluding carboxylic acids is 2. The van der Waals surface area contributed by atoms with E-state index in [0.29, 0.717) is 41.4 Å². The van der Waals surface area contributed by atoms with Gasteiger partial charge in [0.15, 0.2) is 18.1 Å². The van der Waals surface area contributed by atoms with Gasteiger partial charge in [0.1, 0.15) is 24.2 Å². The van der Waals surface area contributed by atoms with Crippen LogP contribution in [0.2, 0.25) is 0 Å². The first-order chi connectivity index (χ1) is 13.2. The third kappa shape index (κ3) is 3.98. The molecular formula is C18H15N3O5S. The van der Waals surface area contributed by atoms with Crippen LogP contribution in [0.25, 0.3) is 11.0 Å². The second-order valence-electron chi connectivity index (χ2n) is 5.80. The molecule has 0 radical (unpaired) electrons. The van der Waals surface area contributed by atoms with E-state index >= 15 is 0 Å². The van der Waals surface area contributed by atoms with Gasteiger partial charge in [-0.15, -0.1) is 0 Å². The number of esters is 1. The number of hydrogen-bond donors (Lipinski definition) is 1. The highest BCUT2D eigenvalue weighted by Gasteiger charge is 2.15. The highest BCUT2D eigenvalue weighted by atomic mass is 32.1. The molecule has 8 nitrogen and oxygen atoms in total. The van der Waals surface area contributed by atoms with E-state index in [1.807, 2.05) is 6.07 Å². The zero-order chi connectivity index (χ0) is 18.6. The molecule has 9 heteroatoms. The summed E-state index contributed by atoms with van der Waals surface area (Å²) in [6, 6.07) is 10.6. The molecule has 27 heavy (non-hydrogen) atoms. The lowest BCUT2D eigenvalue weighted by molar-refractivity contribution is -0.146. The van der Waals surface area contributed by atoms with E-state index in [0.717, 1.165) is 17.3 Å². The van der Waals surface area contributed by atoms with E-state index in [-0.39, 0.29) is 13.0 Å². The Morgan fingerprint density at radius 1 is 1.11 bits per heavy atom. The van der Waals surface area contributed by atoms with Crippen LogP contribution in [-0.2, 0) is 20.7 Å². The first-order valence-corrected chi connectivity index (χ1v) is 8.97. The minimum Gasteiger partial charge on any atom is -0.486 e. The monoisotopic (exact) mass is 385 g/mol. The molecule has 1 amide bonds. The first kappa shape index (κ1) is 17.2. The molecule has 2 aromatic carbocycles. The number of fused-ring (bicyclic) bond motifs is 2. The summed E-state index contributed by atoms with van der Waals surface area (Å²) in [4.78, 5) is 24.1. The maximum atomic E-state index is 12.1. The van der Waals surface area contributed by atoms with E-state index in [1.165, 1.54) is 0 Å². The molecule has 4 rings (SSSR count). The average Bonchev–Trinajstić information content (AvgIpc) is 3.16. The summed E-state index contributed by atoms with van der Waals surface area (Å²) < 4.78 is 24.2. The number of ether oxygens (including phenoxy) is 3. The van der Waals surface area contributed by atoms with Gasteiger partial charge in [-0.05, 0) is 29.8 Å². The van der Waals surface area contributed by atoms with Crippen molar-refractivity contribution in [3.63, 3.8) is 0 Å². The molecule has 2 heterocycles. The van der Waals surface area contributed by atoms with Crippen molar-refractivity contribution >= 4 is 40.3 Å². The van der Waals surface area contributed by atoms with E-state index < -0.39 is 11.9 Å². The first-order valence-electron chi connectivity index (χ1n) is 8.24. The Hall–Kier alpha value is -3.20. The van der Waals surface area contributed by atoms with Crippen molar-refractivity contribution in [3.05, 3.63) is 42.0 Å². The Morgan fingerprint density at radius 2 is 1.96 bits per heavy atom. The van der Waals surface area contributed by atoms with Crippen LogP contribution in [0.4, 0.5) is 5.69 Å². The van der Waals surface area contributed by atoms with Crippen LogP contribution in [0.1, 0.15) is 5.56 Å². The molecule has 0 fully saturated rings. The van der Waals surface area contributed by atoms with Crippen molar-refractivity contribution < 1.29 is 23.8 Å². The fourth-order valence-corrected chi connectivity index (χ4v) is 3.20. The number of amides is 1. The highest BCUT2D eigenvalue weighted by molar-refractivity contribution is 7.00. The van der Waals surface area contributed by atoms with Crippen LogP contribution in [0.5, 0.6) is 11.5 Å². The Morgan fingerprint density at radius 3 is 2.85 bits per heavy atom. The number of benzene rings is 2. The van der Waals surface area contributed by atoms with Gasteiger partial charge in [-0.1, -0.05) is 12.1 Å². The third-order valence-corrected chi connectivity index (χ3v) is 4.42. The van der Waals surface area contributed by atoms with Crippen molar-refractivity contribution in [1.82, 2.24) is 8.75 Å². The third-order valence-electron chi connectivity index (χ3n) is 3.88. The maximum Gasteiger partial charge on any atom is 0.310 e. The molecule has 0 aliphatic carbocycles. The lowest BCUT2D eigenvalue weighted by atomic mass is 10.1. The lowest BCUT2D eigenvalue weighted by Crippen LogP contribution is -2.22. The zero-order valence-corrected chi connectivity index (χ0v) is 15.0. The lowest BCUT2D eigenvalue weighted by Gasteiger charge is -2.18. The molecule has 0 spiro atoms. The van der Waals surface area contributed by atoms with Crippen LogP contribution in [-0.4, -0.2) is 40.4 Å². The number of nitrogens with one attached hydrogen (secondary N) is 1. The summed E-state index contributed by atoms with van der Waals surface area (Å²) in [5.74, 6) is 0.319. The number of anilines is 1. The summed E-state index contributed by atoms with van der Waals surface area (Å²) >= 11 is 1.07. The van der Waals surface area contributed by atoms with Crippen molar-refractivity contribution in [2.75, 3.05) is 25.1 Å². The van der Waals surface area contributed by atoms with Crippen LogP contribution in [0.15, 0.2) is 36.4 Å². The Kier molecular flexibility index (Phi) is 4.84. The van der Waals surface area contributed by atoms with Crippen molar-refractivity contribution in [1.29, 1.82) is 0 Å². The predicted molar refractivity (Wildman–Crippen MR) is 98.1 cm³/mol. The second kappa shape index (κ2) is 7.58. The molecule has 1 aliphatic heterocycles. The molecule has 1 aliphatic rings. The smallest absolute Gasteiger partial charge is 0.310 e. The van der Waals surface area contributed by atoms with Crippen molar-refractivity contribution in [3.8, 4) is 11.5 Å². The molecule has 0 unspecified atom stereocenters. The summed E-state index contributed by atoms with van der Waals surface area (Å²) in [6.45, 7) is 0.605. The number of nitrogens with zero attached hydrogens (tertiary/aromatic N) is 2. The minimum atomic E-state index is -0.504. The Labute approximate surface area is 158 Å². The molecular weight excluding hydrogens is 370 g/mol. The minimum absolute atomic E-state index is 0.0372. The van der Waals surface area contributed by atoms with Crippen molar-refractivity contribution in [2.24, 2.45) is 0 Å². The van der Waals surface area contributed by atoms with Gasteiger partial charge in [0.05, 0.1) is 23.8 Å². The normalized spacial score (nSPS) is 12.6. The maximum absolute atomic E-state index is 12.1. The van der Waals surface area contributed by atoms with E-state index in [9.17, 15) is 9.59 Å². The van der Waals surface area contributed by atoms with Gasteiger partial charge in [0.2, 0.25) is 0 Å². The average molecular weight is 385 g/mol. The van der Waals surface area contributed by atoms with Gasteiger partial charge >= 0.3 is 5.97 Å². The summed E-state index contributed by atoms with van der Waals surface area (Å²) in [5.41, 5.74) is 2.57. The molecule has 1 N–H and O–H groups in total. The molecule has 0 saturated carbocycles. The Bertz CT molecular complexity index is 1000. The fraction of sp³-hybridized carbons (Fsp3) is 0.222. The molecule has 0 bridgehead atoms. The topological polar surface area (TPSA) is 99.6 Å². The number of hydrogen-bond acceptors (Lipinski definition) is 8. The standard InChI is InChI=1S/C18H15N3O5S/c22-16(19-12-2-1-3-13-18(12)21-27-20-13)10-26-17(23)9-11-4-5-14-15(8-11)25-7-6-24-14/h1-5,8H,6-7,9-10H2,(H,19,22). The van der Waals surface area contributed by atoms with Gasteiger partial charge in [0, 0.05) is 0 Å². The summed E-state index contributed by atoms with van der Waals surface area (Å²) in [5, 5.41) is 2.68. The molecule has 3 aromatic rings. The molecule has 138 valence electrons. The van der Waals surface area contributed by atoms with Crippen LogP contribution >= 0.6 is 11.7 Å². The summed E-state index contributed by atoms with van der Waals surface area (Å²) in [7, 11) is 0. The number of aromatic nitrogens is 2. The van der Waals surface area contributed by atoms with Gasteiger partial charge in [-0.25, -0.2) is 0 Å². The van der Waals surface area contributed by atoms with Gasteiger partial charge < -0.3 is 19.5 Å². The van der Waals surface area contributed by atoms with Gasteiger partial charge in [-0.2, -0.15) is 8.75 Å². The van der Waals surface area contributed by atoms with E-state index in [2.05, 4.69) is 14.1 Å². The molecule has 0 atom stereocenters. The predicted octanol–water partition coefficient (Wildman–Crippen LogP) is 2.19. The fourth-order valence-electron chi connectivity index (χ4n) is 2.65. The number of carbonyl (C=O) groups is 2. The number of rotatable bonds is 5. The van der Waals surface area contributed by atoms with Gasteiger partial charge in [-0.3, -0.25) is 9.59 Å². The summed E-state index contributed by atoms with van der Waals surface area (Å²) in [6.07, 6.45) is 0.0372. The van der Waals surface area contributed by atoms with Crippen molar-refractivity contribution in [2.45, 2.75) is 6.42 Å². The van der Waals surface area contributed by atoms with E-state index in [1.54, 1.807) is 30.3 Å². The zero-order valence-electron chi connectivity index (χ0n) is 14.1. The largest absolute Gasteiger partial charge is 0.486 e. The highest BCUT2D eigenvalue weighted by Crippen LogP contribution is 2.30. The van der Waals surface area contributed by atoms with Crippen LogP contribution in [0.3, 0.4) is 0 Å². The Balaban J connectivity index is 1.31. The van der Waals surface area contributed by atoms with Crippen LogP contribution in [0, 0.1) is 0 Å². The van der Waals surface area contributed by atoms with E-state index in [4.69, 9.17) is 14.2 Å². The quantitative estimate of drug-likeness (QED) is 0.672. The van der Waals surface area contributed by atoms with Gasteiger partial charge in [0.25, 0.3) is 5.91 Å². The second-order valence-corrected chi connectivity index (χ2v) is 6.33. The molecule has 1 aromatic heterocycles. The molecule has 0 saturated heterocycles.